The van der Waals surface area contributed by atoms with Crippen molar-refractivity contribution in [3.8, 4) is 0 Å². The van der Waals surface area contributed by atoms with Gasteiger partial charge in [-0.05, 0) is 12.5 Å². The predicted molar refractivity (Wildman–Crippen MR) is 77.4 cm³/mol. The van der Waals surface area contributed by atoms with E-state index < -0.39 is 6.04 Å². The van der Waals surface area contributed by atoms with Crippen LogP contribution in [0.25, 0.3) is 0 Å². The van der Waals surface area contributed by atoms with Gasteiger partial charge in [0.25, 0.3) is 0 Å². The molecule has 0 saturated heterocycles. The standard InChI is InChI=1S/C14H19N5O2/c1-11(7-19-10-15-9-16-19)17-14(21)18-13(8-20)12-5-3-2-4-6-12/h2-6,9-11,13,20H,7-8H2,1H3,(H2,17,18,21). The number of aliphatic hydroxyl groups excluding tert-OH is 1. The molecule has 2 rings (SSSR count). The second kappa shape index (κ2) is 7.39. The Morgan fingerprint density at radius 3 is 2.71 bits per heavy atom. The van der Waals surface area contributed by atoms with Gasteiger partial charge in [-0.25, -0.2) is 9.78 Å². The Bertz CT molecular complexity index is 544. The van der Waals surface area contributed by atoms with Crippen LogP contribution in [0.2, 0.25) is 0 Å². The maximum absolute atomic E-state index is 11.9. The van der Waals surface area contributed by atoms with Crippen molar-refractivity contribution in [2.45, 2.75) is 25.6 Å². The zero-order chi connectivity index (χ0) is 15.1. The zero-order valence-electron chi connectivity index (χ0n) is 11.8. The second-order valence-corrected chi connectivity index (χ2v) is 4.78. The molecule has 0 aliphatic carbocycles. The highest BCUT2D eigenvalue weighted by atomic mass is 16.3. The highest BCUT2D eigenvalue weighted by molar-refractivity contribution is 5.74. The minimum atomic E-state index is -0.426. The van der Waals surface area contributed by atoms with Crippen LogP contribution in [-0.2, 0) is 6.54 Å². The summed E-state index contributed by atoms with van der Waals surface area (Å²) in [6.07, 6.45) is 3.04. The molecule has 0 aliphatic rings. The Hall–Kier alpha value is -2.41. The Balaban J connectivity index is 1.85. The number of rotatable bonds is 6. The number of hydrogen-bond acceptors (Lipinski definition) is 4. The van der Waals surface area contributed by atoms with E-state index in [4.69, 9.17) is 0 Å². The Labute approximate surface area is 123 Å². The fraction of sp³-hybridized carbons (Fsp3) is 0.357. The Kier molecular flexibility index (Phi) is 5.28. The number of urea groups is 1. The van der Waals surface area contributed by atoms with Crippen molar-refractivity contribution < 1.29 is 9.90 Å². The summed E-state index contributed by atoms with van der Waals surface area (Å²) in [5, 5.41) is 18.9. The van der Waals surface area contributed by atoms with E-state index in [1.807, 2.05) is 37.3 Å². The van der Waals surface area contributed by atoms with E-state index >= 15 is 0 Å². The van der Waals surface area contributed by atoms with Gasteiger partial charge in [-0.2, -0.15) is 5.10 Å². The van der Waals surface area contributed by atoms with Crippen molar-refractivity contribution in [2.75, 3.05) is 6.61 Å². The minimum Gasteiger partial charge on any atom is -0.394 e. The fourth-order valence-electron chi connectivity index (χ4n) is 2.00. The van der Waals surface area contributed by atoms with Gasteiger partial charge in [0.05, 0.1) is 19.2 Å². The van der Waals surface area contributed by atoms with Crippen LogP contribution in [0.5, 0.6) is 0 Å². The number of aromatic nitrogens is 3. The molecule has 0 aliphatic heterocycles. The molecule has 0 fully saturated rings. The first-order valence-electron chi connectivity index (χ1n) is 6.74. The smallest absolute Gasteiger partial charge is 0.315 e. The molecular formula is C14H19N5O2. The molecule has 2 unspecified atom stereocenters. The van der Waals surface area contributed by atoms with Gasteiger partial charge >= 0.3 is 6.03 Å². The molecule has 1 heterocycles. The molecule has 0 saturated carbocycles. The molecule has 7 heteroatoms. The summed E-state index contributed by atoms with van der Waals surface area (Å²) in [5.41, 5.74) is 0.860. The van der Waals surface area contributed by atoms with Crippen LogP contribution < -0.4 is 10.6 Å². The monoisotopic (exact) mass is 289 g/mol. The van der Waals surface area contributed by atoms with Crippen LogP contribution in [0.4, 0.5) is 4.79 Å². The lowest BCUT2D eigenvalue weighted by Crippen LogP contribution is -2.44. The average molecular weight is 289 g/mol. The molecule has 2 atom stereocenters. The molecule has 2 aromatic rings. The van der Waals surface area contributed by atoms with Crippen LogP contribution in [0.1, 0.15) is 18.5 Å². The Morgan fingerprint density at radius 1 is 1.33 bits per heavy atom. The van der Waals surface area contributed by atoms with Gasteiger partial charge in [0.2, 0.25) is 0 Å². The van der Waals surface area contributed by atoms with E-state index in [1.165, 1.54) is 6.33 Å². The van der Waals surface area contributed by atoms with Crippen LogP contribution in [0, 0.1) is 0 Å². The third kappa shape index (κ3) is 4.57. The van der Waals surface area contributed by atoms with Crippen molar-refractivity contribution >= 4 is 6.03 Å². The van der Waals surface area contributed by atoms with Gasteiger partial charge in [-0.1, -0.05) is 30.3 Å². The van der Waals surface area contributed by atoms with Crippen molar-refractivity contribution in [1.82, 2.24) is 25.4 Å². The van der Waals surface area contributed by atoms with Crippen LogP contribution >= 0.6 is 0 Å². The minimum absolute atomic E-state index is 0.109. The van der Waals surface area contributed by atoms with Crippen LogP contribution in [0.3, 0.4) is 0 Å². The zero-order valence-corrected chi connectivity index (χ0v) is 11.8. The van der Waals surface area contributed by atoms with E-state index in [0.717, 1.165) is 5.56 Å². The largest absolute Gasteiger partial charge is 0.394 e. The van der Waals surface area contributed by atoms with Gasteiger partial charge in [-0.15, -0.1) is 0 Å². The van der Waals surface area contributed by atoms with Crippen molar-refractivity contribution in [3.05, 3.63) is 48.5 Å². The van der Waals surface area contributed by atoms with Crippen molar-refractivity contribution in [3.63, 3.8) is 0 Å². The maximum Gasteiger partial charge on any atom is 0.315 e. The molecular weight excluding hydrogens is 270 g/mol. The predicted octanol–water partition coefficient (Wildman–Crippen LogP) is 0.699. The second-order valence-electron chi connectivity index (χ2n) is 4.78. The summed E-state index contributed by atoms with van der Waals surface area (Å²) in [6, 6.07) is 8.48. The lowest BCUT2D eigenvalue weighted by atomic mass is 10.1. The number of carbonyl (C=O) groups excluding carboxylic acids is 1. The van der Waals surface area contributed by atoms with Gasteiger partial charge in [0.15, 0.2) is 0 Å². The van der Waals surface area contributed by atoms with E-state index in [2.05, 4.69) is 20.7 Å². The summed E-state index contributed by atoms with van der Waals surface area (Å²) >= 11 is 0. The molecule has 21 heavy (non-hydrogen) atoms. The number of aliphatic hydroxyl groups is 1. The fourth-order valence-corrected chi connectivity index (χ4v) is 2.00. The quantitative estimate of drug-likeness (QED) is 0.730. The van der Waals surface area contributed by atoms with Gasteiger partial charge in [-0.3, -0.25) is 4.68 Å². The number of amides is 2. The lowest BCUT2D eigenvalue weighted by Gasteiger charge is -2.19. The highest BCUT2D eigenvalue weighted by Gasteiger charge is 2.15. The third-order valence-corrected chi connectivity index (χ3v) is 2.99. The van der Waals surface area contributed by atoms with E-state index in [-0.39, 0.29) is 18.7 Å². The molecule has 1 aromatic heterocycles. The first-order valence-corrected chi connectivity index (χ1v) is 6.74. The Morgan fingerprint density at radius 2 is 2.10 bits per heavy atom. The first-order chi connectivity index (χ1) is 10.2. The molecule has 112 valence electrons. The molecule has 3 N–H and O–H groups in total. The average Bonchev–Trinajstić information content (AvgIpc) is 2.98. The van der Waals surface area contributed by atoms with Gasteiger partial charge in [0.1, 0.15) is 12.7 Å². The molecule has 0 spiro atoms. The normalized spacial score (nSPS) is 13.4. The summed E-state index contributed by atoms with van der Waals surface area (Å²) < 4.78 is 1.64. The third-order valence-electron chi connectivity index (χ3n) is 2.99. The van der Waals surface area contributed by atoms with E-state index in [1.54, 1.807) is 11.0 Å². The topological polar surface area (TPSA) is 92.1 Å². The first kappa shape index (κ1) is 15.0. The molecule has 0 radical (unpaired) electrons. The molecule has 7 nitrogen and oxygen atoms in total. The lowest BCUT2D eigenvalue weighted by molar-refractivity contribution is 0.213. The van der Waals surface area contributed by atoms with E-state index in [0.29, 0.717) is 6.54 Å². The summed E-state index contributed by atoms with van der Waals surface area (Å²) in [4.78, 5) is 15.8. The number of hydrogen-bond donors (Lipinski definition) is 3. The summed E-state index contributed by atoms with van der Waals surface area (Å²) in [6.45, 7) is 2.25. The van der Waals surface area contributed by atoms with Gasteiger partial charge < -0.3 is 15.7 Å². The number of nitrogens with zero attached hydrogens (tertiary/aromatic N) is 3. The molecule has 2 amide bonds. The number of nitrogens with one attached hydrogen (secondary N) is 2. The molecule has 1 aromatic carbocycles. The SMILES string of the molecule is CC(Cn1cncn1)NC(=O)NC(CO)c1ccccc1. The number of benzene rings is 1. The highest BCUT2D eigenvalue weighted by Crippen LogP contribution is 2.11. The summed E-state index contributed by atoms with van der Waals surface area (Å²) in [5.74, 6) is 0. The van der Waals surface area contributed by atoms with Crippen LogP contribution in [0.15, 0.2) is 43.0 Å². The van der Waals surface area contributed by atoms with Crippen molar-refractivity contribution in [2.24, 2.45) is 0 Å². The molecule has 0 bridgehead atoms. The maximum atomic E-state index is 11.9. The number of carbonyl (C=O) groups is 1. The summed E-state index contributed by atoms with van der Waals surface area (Å²) in [7, 11) is 0. The van der Waals surface area contributed by atoms with Crippen LogP contribution in [-0.4, -0.2) is 38.6 Å². The van der Waals surface area contributed by atoms with Gasteiger partial charge in [0, 0.05) is 6.04 Å². The van der Waals surface area contributed by atoms with Crippen molar-refractivity contribution in [1.29, 1.82) is 0 Å². The van der Waals surface area contributed by atoms with E-state index in [9.17, 15) is 9.90 Å².